The van der Waals surface area contributed by atoms with Crippen LogP contribution in [0, 0.1) is 17.3 Å². The molecule has 0 aromatic heterocycles. The van der Waals surface area contributed by atoms with E-state index in [1.807, 2.05) is 13.8 Å². The summed E-state index contributed by atoms with van der Waals surface area (Å²) < 4.78 is 0. The SMILES string of the molecule is CC#CCNC(=O)C(C)(C)CCC. The molecule has 0 saturated carbocycles. The van der Waals surface area contributed by atoms with Gasteiger partial charge in [-0.05, 0) is 13.3 Å². The highest BCUT2D eigenvalue weighted by Crippen LogP contribution is 2.21. The molecule has 0 radical (unpaired) electrons. The zero-order valence-electron chi connectivity index (χ0n) is 9.03. The summed E-state index contributed by atoms with van der Waals surface area (Å²) in [7, 11) is 0. The van der Waals surface area contributed by atoms with Gasteiger partial charge in [0, 0.05) is 5.41 Å². The Hall–Kier alpha value is -0.970. The predicted octanol–water partition coefficient (Wildman–Crippen LogP) is 1.95. The minimum absolute atomic E-state index is 0.0945. The van der Waals surface area contributed by atoms with E-state index in [1.54, 1.807) is 6.92 Å². The fraction of sp³-hybridized carbons (Fsp3) is 0.727. The summed E-state index contributed by atoms with van der Waals surface area (Å²) in [4.78, 5) is 11.6. The standard InChI is InChI=1S/C11H19NO/c1-5-7-9-12-10(13)11(3,4)8-6-2/h6,8-9H2,1-4H3,(H,12,13). The Balaban J connectivity index is 3.98. The van der Waals surface area contributed by atoms with E-state index >= 15 is 0 Å². The van der Waals surface area contributed by atoms with Gasteiger partial charge in [-0.3, -0.25) is 4.79 Å². The molecule has 0 fully saturated rings. The topological polar surface area (TPSA) is 29.1 Å². The average Bonchev–Trinajstić information content (AvgIpc) is 2.04. The first-order valence-corrected chi connectivity index (χ1v) is 4.72. The molecule has 2 nitrogen and oxygen atoms in total. The number of carbonyl (C=O) groups excluding carboxylic acids is 1. The van der Waals surface area contributed by atoms with Gasteiger partial charge in [-0.2, -0.15) is 0 Å². The van der Waals surface area contributed by atoms with E-state index in [0.717, 1.165) is 12.8 Å². The molecule has 0 aromatic carbocycles. The van der Waals surface area contributed by atoms with E-state index in [9.17, 15) is 4.79 Å². The summed E-state index contributed by atoms with van der Waals surface area (Å²) in [6.45, 7) is 8.24. The summed E-state index contributed by atoms with van der Waals surface area (Å²) in [5.41, 5.74) is -0.260. The van der Waals surface area contributed by atoms with Gasteiger partial charge in [0.25, 0.3) is 0 Å². The van der Waals surface area contributed by atoms with Crippen molar-refractivity contribution in [2.45, 2.75) is 40.5 Å². The molecule has 0 rings (SSSR count). The molecule has 0 atom stereocenters. The maximum absolute atomic E-state index is 11.6. The highest BCUT2D eigenvalue weighted by atomic mass is 16.2. The largest absolute Gasteiger partial charge is 0.345 e. The first-order chi connectivity index (χ1) is 6.04. The van der Waals surface area contributed by atoms with Crippen LogP contribution in [-0.2, 0) is 4.79 Å². The first kappa shape index (κ1) is 12.0. The summed E-state index contributed by atoms with van der Waals surface area (Å²) in [5, 5.41) is 2.80. The fourth-order valence-electron chi connectivity index (χ4n) is 1.19. The molecule has 0 aliphatic rings. The van der Waals surface area contributed by atoms with E-state index in [0.29, 0.717) is 6.54 Å². The quantitative estimate of drug-likeness (QED) is 0.660. The highest BCUT2D eigenvalue weighted by molar-refractivity contribution is 5.81. The van der Waals surface area contributed by atoms with Gasteiger partial charge in [0.05, 0.1) is 6.54 Å². The average molecular weight is 181 g/mol. The Morgan fingerprint density at radius 2 is 2.08 bits per heavy atom. The molecule has 0 aromatic rings. The van der Waals surface area contributed by atoms with Crippen LogP contribution in [0.1, 0.15) is 40.5 Å². The molecule has 0 saturated heterocycles. The Bertz CT molecular complexity index is 220. The summed E-state index contributed by atoms with van der Waals surface area (Å²) in [6.07, 6.45) is 1.94. The van der Waals surface area contributed by atoms with Gasteiger partial charge in [0.2, 0.25) is 5.91 Å². The zero-order chi connectivity index (χ0) is 10.3. The number of hydrogen-bond donors (Lipinski definition) is 1. The third kappa shape index (κ3) is 4.57. The van der Waals surface area contributed by atoms with Gasteiger partial charge in [0.15, 0.2) is 0 Å². The molecule has 1 amide bonds. The lowest BCUT2D eigenvalue weighted by molar-refractivity contribution is -0.129. The normalized spacial score (nSPS) is 10.2. The second kappa shape index (κ2) is 5.64. The molecule has 74 valence electrons. The van der Waals surface area contributed by atoms with Crippen LogP contribution in [0.25, 0.3) is 0 Å². The Morgan fingerprint density at radius 3 is 2.54 bits per heavy atom. The maximum atomic E-state index is 11.6. The molecule has 0 aliphatic carbocycles. The van der Waals surface area contributed by atoms with Crippen molar-refractivity contribution in [3.05, 3.63) is 0 Å². The van der Waals surface area contributed by atoms with Crippen molar-refractivity contribution < 1.29 is 4.79 Å². The van der Waals surface area contributed by atoms with Crippen LogP contribution < -0.4 is 5.32 Å². The van der Waals surface area contributed by atoms with Crippen LogP contribution in [0.4, 0.5) is 0 Å². The number of hydrogen-bond acceptors (Lipinski definition) is 1. The first-order valence-electron chi connectivity index (χ1n) is 4.72. The molecule has 0 bridgehead atoms. The summed E-state index contributed by atoms with van der Waals surface area (Å²) in [5.74, 6) is 5.65. The summed E-state index contributed by atoms with van der Waals surface area (Å²) >= 11 is 0. The number of amides is 1. The molecule has 0 unspecified atom stereocenters. The monoisotopic (exact) mass is 181 g/mol. The maximum Gasteiger partial charge on any atom is 0.226 e. The van der Waals surface area contributed by atoms with Gasteiger partial charge in [-0.15, -0.1) is 5.92 Å². The predicted molar refractivity (Wildman–Crippen MR) is 55.1 cm³/mol. The second-order valence-corrected chi connectivity index (χ2v) is 3.74. The van der Waals surface area contributed by atoms with Crippen LogP contribution in [-0.4, -0.2) is 12.5 Å². The lowest BCUT2D eigenvalue weighted by atomic mass is 9.87. The summed E-state index contributed by atoms with van der Waals surface area (Å²) in [6, 6.07) is 0. The molecular formula is C11H19NO. The van der Waals surface area contributed by atoms with Gasteiger partial charge in [0.1, 0.15) is 0 Å². The minimum Gasteiger partial charge on any atom is -0.345 e. The molecule has 0 aliphatic heterocycles. The van der Waals surface area contributed by atoms with Crippen molar-refractivity contribution in [3.63, 3.8) is 0 Å². The molecule has 1 N–H and O–H groups in total. The second-order valence-electron chi connectivity index (χ2n) is 3.74. The van der Waals surface area contributed by atoms with Crippen LogP contribution >= 0.6 is 0 Å². The Kier molecular flexibility index (Phi) is 5.22. The number of carbonyl (C=O) groups is 1. The van der Waals surface area contributed by atoms with E-state index < -0.39 is 0 Å². The third-order valence-electron chi connectivity index (χ3n) is 2.00. The Morgan fingerprint density at radius 1 is 1.46 bits per heavy atom. The molecule has 0 spiro atoms. The van der Waals surface area contributed by atoms with Crippen LogP contribution in [0.2, 0.25) is 0 Å². The van der Waals surface area contributed by atoms with Crippen molar-refractivity contribution in [1.82, 2.24) is 5.32 Å². The minimum atomic E-state index is -0.260. The van der Waals surface area contributed by atoms with Crippen molar-refractivity contribution in [2.75, 3.05) is 6.54 Å². The highest BCUT2D eigenvalue weighted by Gasteiger charge is 2.25. The Labute approximate surface area is 81.1 Å². The number of nitrogens with one attached hydrogen (secondary N) is 1. The van der Waals surface area contributed by atoms with Crippen LogP contribution in [0.3, 0.4) is 0 Å². The van der Waals surface area contributed by atoms with E-state index in [1.165, 1.54) is 0 Å². The van der Waals surface area contributed by atoms with Crippen molar-refractivity contribution in [1.29, 1.82) is 0 Å². The van der Waals surface area contributed by atoms with Crippen molar-refractivity contribution >= 4 is 5.91 Å². The zero-order valence-corrected chi connectivity index (χ0v) is 9.03. The smallest absolute Gasteiger partial charge is 0.226 e. The number of rotatable bonds is 4. The lowest BCUT2D eigenvalue weighted by Gasteiger charge is -2.21. The molecule has 0 heterocycles. The van der Waals surface area contributed by atoms with Gasteiger partial charge in [-0.25, -0.2) is 0 Å². The van der Waals surface area contributed by atoms with Crippen molar-refractivity contribution in [3.8, 4) is 11.8 Å². The fourth-order valence-corrected chi connectivity index (χ4v) is 1.19. The molecule has 2 heteroatoms. The van der Waals surface area contributed by atoms with Crippen LogP contribution in [0.5, 0.6) is 0 Å². The van der Waals surface area contributed by atoms with E-state index in [2.05, 4.69) is 24.1 Å². The van der Waals surface area contributed by atoms with Gasteiger partial charge < -0.3 is 5.32 Å². The van der Waals surface area contributed by atoms with E-state index in [-0.39, 0.29) is 11.3 Å². The van der Waals surface area contributed by atoms with Crippen molar-refractivity contribution in [2.24, 2.45) is 5.41 Å². The molecular weight excluding hydrogens is 162 g/mol. The van der Waals surface area contributed by atoms with Crippen LogP contribution in [0.15, 0.2) is 0 Å². The van der Waals surface area contributed by atoms with Gasteiger partial charge in [-0.1, -0.05) is 33.1 Å². The third-order valence-corrected chi connectivity index (χ3v) is 2.00. The lowest BCUT2D eigenvalue weighted by Crippen LogP contribution is -2.36. The molecule has 13 heavy (non-hydrogen) atoms. The van der Waals surface area contributed by atoms with E-state index in [4.69, 9.17) is 0 Å². The van der Waals surface area contributed by atoms with Gasteiger partial charge >= 0.3 is 0 Å².